The number of aryl methyl sites for hydroxylation is 1. The number of carbonyl (C=O) groups is 1. The van der Waals surface area contributed by atoms with Crippen molar-refractivity contribution in [2.24, 2.45) is 0 Å². The van der Waals surface area contributed by atoms with Gasteiger partial charge in [-0.05, 0) is 37.8 Å². The van der Waals surface area contributed by atoms with Crippen LogP contribution >= 0.6 is 11.6 Å². The predicted octanol–water partition coefficient (Wildman–Crippen LogP) is 2.11. The summed E-state index contributed by atoms with van der Waals surface area (Å²) in [4.78, 5) is 30.3. The summed E-state index contributed by atoms with van der Waals surface area (Å²) in [6.45, 7) is 3.68. The molecule has 114 valence electrons. The molecule has 2 rings (SSSR count). The third-order valence-corrected chi connectivity index (χ3v) is 3.39. The van der Waals surface area contributed by atoms with Gasteiger partial charge in [-0.3, -0.25) is 10.1 Å². The zero-order chi connectivity index (χ0) is 15.6. The number of rotatable bonds is 6. The smallest absolute Gasteiger partial charge is 0.332 e. The first kappa shape index (κ1) is 15.4. The molecule has 0 atom stereocenters. The molecule has 21 heavy (non-hydrogen) atoms. The monoisotopic (exact) mass is 314 g/mol. The van der Waals surface area contributed by atoms with Crippen LogP contribution in [0.2, 0.25) is 5.28 Å². The van der Waals surface area contributed by atoms with Crippen LogP contribution in [0.1, 0.15) is 32.4 Å². The fourth-order valence-corrected chi connectivity index (χ4v) is 2.18. The van der Waals surface area contributed by atoms with Crippen molar-refractivity contribution in [3.05, 3.63) is 21.1 Å². The number of nitro groups is 1. The molecular formula is C12H15ClN4O4. The van der Waals surface area contributed by atoms with Gasteiger partial charge >= 0.3 is 11.7 Å². The van der Waals surface area contributed by atoms with E-state index in [9.17, 15) is 14.9 Å². The zero-order valence-corrected chi connectivity index (χ0v) is 12.4. The molecule has 0 spiro atoms. The van der Waals surface area contributed by atoms with Gasteiger partial charge in [0, 0.05) is 0 Å². The third-order valence-electron chi connectivity index (χ3n) is 3.22. The van der Waals surface area contributed by atoms with Gasteiger partial charge in [0.15, 0.2) is 0 Å². The fraction of sp³-hybridized carbons (Fsp3) is 0.583. The maximum atomic E-state index is 11.9. The molecule has 1 N–H and O–H groups in total. The Bertz CT molecular complexity index is 589. The quantitative estimate of drug-likeness (QED) is 0.371. The molecule has 1 heterocycles. The average Bonchev–Trinajstić information content (AvgIpc) is 3.18. The largest absolute Gasteiger partial charge is 0.464 e. The van der Waals surface area contributed by atoms with Crippen LogP contribution < -0.4 is 5.32 Å². The minimum Gasteiger partial charge on any atom is -0.464 e. The zero-order valence-electron chi connectivity index (χ0n) is 11.7. The lowest BCUT2D eigenvalue weighted by Crippen LogP contribution is -2.34. The highest BCUT2D eigenvalue weighted by molar-refractivity contribution is 6.28. The van der Waals surface area contributed by atoms with Gasteiger partial charge in [-0.1, -0.05) is 6.92 Å². The van der Waals surface area contributed by atoms with E-state index in [-0.39, 0.29) is 29.1 Å². The number of carbonyl (C=O) groups excluding carboxylic acids is 1. The molecule has 1 aliphatic rings. The summed E-state index contributed by atoms with van der Waals surface area (Å²) < 4.78 is 4.98. The molecule has 8 nitrogen and oxygen atoms in total. The fourth-order valence-electron chi connectivity index (χ4n) is 2.00. The number of nitrogens with zero attached hydrogens (tertiary/aromatic N) is 3. The van der Waals surface area contributed by atoms with Crippen LogP contribution in [0.3, 0.4) is 0 Å². The van der Waals surface area contributed by atoms with Crippen LogP contribution in [0.5, 0.6) is 0 Å². The van der Waals surface area contributed by atoms with E-state index in [2.05, 4.69) is 15.3 Å². The number of anilines is 1. The Balaban J connectivity index is 2.38. The number of esters is 1. The van der Waals surface area contributed by atoms with Crippen molar-refractivity contribution in [2.45, 2.75) is 38.6 Å². The second-order valence-electron chi connectivity index (χ2n) is 4.67. The van der Waals surface area contributed by atoms with Crippen molar-refractivity contribution in [3.8, 4) is 0 Å². The van der Waals surface area contributed by atoms with Crippen molar-refractivity contribution in [1.29, 1.82) is 0 Å². The Labute approximate surface area is 126 Å². The molecule has 0 aliphatic heterocycles. The van der Waals surface area contributed by atoms with E-state index >= 15 is 0 Å². The van der Waals surface area contributed by atoms with Crippen molar-refractivity contribution < 1.29 is 14.5 Å². The lowest BCUT2D eigenvalue weighted by molar-refractivity contribution is -0.385. The number of hydrogen-bond donors (Lipinski definition) is 1. The molecule has 1 aromatic rings. The number of ether oxygens (including phenoxy) is 1. The summed E-state index contributed by atoms with van der Waals surface area (Å²) in [5.41, 5.74) is -0.969. The number of hydrogen-bond acceptors (Lipinski definition) is 7. The van der Waals surface area contributed by atoms with Gasteiger partial charge in [0.25, 0.3) is 0 Å². The highest BCUT2D eigenvalue weighted by atomic mass is 35.5. The van der Waals surface area contributed by atoms with Crippen LogP contribution in [0.4, 0.5) is 11.5 Å². The summed E-state index contributed by atoms with van der Waals surface area (Å²) >= 11 is 5.79. The first-order valence-corrected chi connectivity index (χ1v) is 6.97. The Hall–Kier alpha value is -1.96. The van der Waals surface area contributed by atoms with Crippen LogP contribution in [-0.4, -0.2) is 33.0 Å². The van der Waals surface area contributed by atoms with Crippen LogP contribution in [0.25, 0.3) is 0 Å². The molecule has 1 fully saturated rings. The van der Waals surface area contributed by atoms with Crippen molar-refractivity contribution in [1.82, 2.24) is 9.97 Å². The molecule has 1 aromatic heterocycles. The van der Waals surface area contributed by atoms with Crippen LogP contribution in [0.15, 0.2) is 0 Å². The second-order valence-corrected chi connectivity index (χ2v) is 5.01. The third kappa shape index (κ3) is 3.05. The number of halogens is 1. The number of aromatic nitrogens is 2. The minimum atomic E-state index is -0.941. The molecule has 0 aromatic carbocycles. The predicted molar refractivity (Wildman–Crippen MR) is 75.3 cm³/mol. The Morgan fingerprint density at radius 1 is 1.48 bits per heavy atom. The highest BCUT2D eigenvalue weighted by Gasteiger charge is 2.53. The topological polar surface area (TPSA) is 107 Å². The van der Waals surface area contributed by atoms with E-state index in [1.165, 1.54) is 0 Å². The summed E-state index contributed by atoms with van der Waals surface area (Å²) in [7, 11) is 0. The van der Waals surface area contributed by atoms with Gasteiger partial charge < -0.3 is 10.1 Å². The van der Waals surface area contributed by atoms with E-state index in [4.69, 9.17) is 16.3 Å². The van der Waals surface area contributed by atoms with E-state index < -0.39 is 16.4 Å². The maximum absolute atomic E-state index is 11.9. The van der Waals surface area contributed by atoms with Crippen LogP contribution in [0, 0.1) is 10.1 Å². The standard InChI is InChI=1S/C12H15ClN4O4/c1-3-7-8(17(19)20)9(15-11(13)14-7)16-12(5-6-12)10(18)21-4-2/h3-6H2,1-2H3,(H,14,15,16). The Morgan fingerprint density at radius 3 is 2.62 bits per heavy atom. The maximum Gasteiger partial charge on any atom is 0.332 e. The number of nitrogens with one attached hydrogen (secondary N) is 1. The van der Waals surface area contributed by atoms with Gasteiger partial charge in [0.1, 0.15) is 11.2 Å². The normalized spacial score (nSPS) is 15.4. The van der Waals surface area contributed by atoms with Gasteiger partial charge in [0.05, 0.1) is 11.5 Å². The molecule has 1 aliphatic carbocycles. The average molecular weight is 315 g/mol. The summed E-state index contributed by atoms with van der Waals surface area (Å²) in [6, 6.07) is 0. The van der Waals surface area contributed by atoms with Crippen molar-refractivity contribution in [2.75, 3.05) is 11.9 Å². The summed E-state index contributed by atoms with van der Waals surface area (Å²) in [5, 5.41) is 14.0. The molecular weight excluding hydrogens is 300 g/mol. The lowest BCUT2D eigenvalue weighted by Gasteiger charge is -2.16. The van der Waals surface area contributed by atoms with Crippen LogP contribution in [-0.2, 0) is 16.0 Å². The van der Waals surface area contributed by atoms with Crippen molar-refractivity contribution in [3.63, 3.8) is 0 Å². The minimum absolute atomic E-state index is 0.0394. The Kier molecular flexibility index (Phi) is 4.26. The van der Waals surface area contributed by atoms with Gasteiger partial charge in [-0.15, -0.1) is 0 Å². The first-order valence-electron chi connectivity index (χ1n) is 6.59. The van der Waals surface area contributed by atoms with Crippen molar-refractivity contribution >= 4 is 29.1 Å². The highest BCUT2D eigenvalue weighted by Crippen LogP contribution is 2.42. The molecule has 9 heteroatoms. The lowest BCUT2D eigenvalue weighted by atomic mass is 10.2. The summed E-state index contributed by atoms with van der Waals surface area (Å²) in [6.07, 6.45) is 1.40. The molecule has 1 saturated carbocycles. The molecule has 0 radical (unpaired) electrons. The summed E-state index contributed by atoms with van der Waals surface area (Å²) in [5.74, 6) is -0.477. The second kappa shape index (κ2) is 5.80. The first-order chi connectivity index (χ1) is 9.93. The SMILES string of the molecule is CCOC(=O)C1(Nc2nc(Cl)nc(CC)c2[N+](=O)[O-])CC1. The van der Waals surface area contributed by atoms with E-state index in [1.807, 2.05) is 0 Å². The molecule has 0 amide bonds. The van der Waals surface area contributed by atoms with E-state index in [0.717, 1.165) is 0 Å². The molecule has 0 saturated heterocycles. The molecule has 0 bridgehead atoms. The molecule has 0 unspecified atom stereocenters. The van der Waals surface area contributed by atoms with E-state index in [0.29, 0.717) is 19.3 Å². The van der Waals surface area contributed by atoms with Gasteiger partial charge in [-0.2, -0.15) is 4.98 Å². The van der Waals surface area contributed by atoms with E-state index in [1.54, 1.807) is 13.8 Å². The van der Waals surface area contributed by atoms with Gasteiger partial charge in [-0.25, -0.2) is 9.78 Å². The van der Waals surface area contributed by atoms with Gasteiger partial charge in [0.2, 0.25) is 11.1 Å². The Morgan fingerprint density at radius 2 is 2.14 bits per heavy atom.